The summed E-state index contributed by atoms with van der Waals surface area (Å²) in [5, 5.41) is 2.88. The molecule has 30 heavy (non-hydrogen) atoms. The summed E-state index contributed by atoms with van der Waals surface area (Å²) in [4.78, 5) is 28.7. The average Bonchev–Trinajstić information content (AvgIpc) is 2.66. The van der Waals surface area contributed by atoms with Crippen LogP contribution in [0.4, 0.5) is 15.8 Å². The lowest BCUT2D eigenvalue weighted by molar-refractivity contribution is -0.140. The van der Waals surface area contributed by atoms with Gasteiger partial charge in [-0.15, -0.1) is 0 Å². The molecule has 162 valence electrons. The van der Waals surface area contributed by atoms with Gasteiger partial charge in [0.05, 0.1) is 0 Å². The van der Waals surface area contributed by atoms with Gasteiger partial charge >= 0.3 is 0 Å². The van der Waals surface area contributed by atoms with Crippen molar-refractivity contribution in [2.45, 2.75) is 47.2 Å². The van der Waals surface area contributed by atoms with Gasteiger partial charge in [-0.05, 0) is 41.5 Å². The highest BCUT2D eigenvalue weighted by atomic mass is 19.1. The summed E-state index contributed by atoms with van der Waals surface area (Å²) in [7, 11) is 3.87. The molecule has 0 heterocycles. The number of halogens is 1. The van der Waals surface area contributed by atoms with Crippen LogP contribution in [0.5, 0.6) is 0 Å². The number of rotatable bonds is 7. The van der Waals surface area contributed by atoms with E-state index in [4.69, 9.17) is 0 Å². The quantitative estimate of drug-likeness (QED) is 0.708. The predicted octanol–water partition coefficient (Wildman–Crippen LogP) is 4.82. The zero-order valence-corrected chi connectivity index (χ0v) is 18.8. The van der Waals surface area contributed by atoms with Crippen LogP contribution in [0.1, 0.15) is 45.2 Å². The largest absolute Gasteiger partial charge is 0.377 e. The van der Waals surface area contributed by atoms with Gasteiger partial charge in [0.15, 0.2) is 0 Å². The summed E-state index contributed by atoms with van der Waals surface area (Å²) >= 11 is 0. The number of hydrogen-bond acceptors (Lipinski definition) is 3. The molecule has 0 aliphatic heterocycles. The molecule has 2 aromatic carbocycles. The molecule has 0 spiro atoms. The lowest BCUT2D eigenvalue weighted by atomic mass is 9.94. The molecule has 2 aromatic rings. The van der Waals surface area contributed by atoms with Crippen LogP contribution in [0.15, 0.2) is 42.5 Å². The van der Waals surface area contributed by atoms with Crippen molar-refractivity contribution >= 4 is 23.2 Å². The molecule has 6 heteroatoms. The van der Waals surface area contributed by atoms with E-state index >= 15 is 0 Å². The number of carbonyl (C=O) groups excluding carboxylic acids is 2. The second-order valence-corrected chi connectivity index (χ2v) is 8.68. The zero-order chi connectivity index (χ0) is 22.5. The van der Waals surface area contributed by atoms with E-state index in [9.17, 15) is 14.0 Å². The number of amides is 2. The highest BCUT2D eigenvalue weighted by Gasteiger charge is 2.28. The molecule has 0 aliphatic rings. The number of hydrogen-bond donors (Lipinski definition) is 1. The van der Waals surface area contributed by atoms with Crippen LogP contribution in [0.25, 0.3) is 0 Å². The maximum absolute atomic E-state index is 13.7. The van der Waals surface area contributed by atoms with Crippen LogP contribution < -0.4 is 10.2 Å². The smallest absolute Gasteiger partial charge is 0.228 e. The Kier molecular flexibility index (Phi) is 7.59. The highest BCUT2D eigenvalue weighted by molar-refractivity contribution is 5.91. The first-order valence-electron chi connectivity index (χ1n) is 10.1. The van der Waals surface area contributed by atoms with E-state index in [-0.39, 0.29) is 17.6 Å². The van der Waals surface area contributed by atoms with Crippen molar-refractivity contribution in [1.82, 2.24) is 4.90 Å². The van der Waals surface area contributed by atoms with Gasteiger partial charge in [-0.25, -0.2) is 4.39 Å². The van der Waals surface area contributed by atoms with Crippen molar-refractivity contribution < 1.29 is 14.0 Å². The van der Waals surface area contributed by atoms with Gasteiger partial charge in [0.25, 0.3) is 0 Å². The van der Waals surface area contributed by atoms with E-state index in [2.05, 4.69) is 5.32 Å². The third-order valence-electron chi connectivity index (χ3n) is 4.72. The molecule has 0 atom stereocenters. The lowest BCUT2D eigenvalue weighted by Crippen LogP contribution is -2.39. The van der Waals surface area contributed by atoms with Gasteiger partial charge in [0.2, 0.25) is 11.8 Å². The van der Waals surface area contributed by atoms with Crippen LogP contribution in [-0.4, -0.2) is 30.8 Å². The van der Waals surface area contributed by atoms with Crippen LogP contribution in [0, 0.1) is 11.2 Å². The van der Waals surface area contributed by atoms with Gasteiger partial charge in [-0.2, -0.15) is 0 Å². The molecule has 0 saturated carbocycles. The van der Waals surface area contributed by atoms with E-state index in [1.165, 1.54) is 12.1 Å². The second-order valence-electron chi connectivity index (χ2n) is 8.68. The summed E-state index contributed by atoms with van der Waals surface area (Å²) in [5.74, 6) is -0.422. The minimum absolute atomic E-state index is 0.0283. The number of nitrogens with zero attached hydrogens (tertiary/aromatic N) is 2. The molecular formula is C24H32FN3O2. The van der Waals surface area contributed by atoms with Crippen molar-refractivity contribution in [2.24, 2.45) is 5.41 Å². The summed E-state index contributed by atoms with van der Waals surface area (Å²) in [6.07, 6.45) is 0.388. The standard InChI is InChI=1S/C24H32FN3O2/c1-7-22(29)26-20-11-12-21(27(5)6)18(14-20)16-28(23(30)24(2,3)4)15-17-9-8-10-19(25)13-17/h8-14H,7,15-16H2,1-6H3,(H,26,29). The fourth-order valence-corrected chi connectivity index (χ4v) is 3.21. The Labute approximate surface area is 178 Å². The molecule has 0 aliphatic carbocycles. The number of carbonyl (C=O) groups is 2. The van der Waals surface area contributed by atoms with Crippen molar-refractivity contribution in [3.63, 3.8) is 0 Å². The topological polar surface area (TPSA) is 52.7 Å². The zero-order valence-electron chi connectivity index (χ0n) is 18.8. The second kappa shape index (κ2) is 9.74. The van der Waals surface area contributed by atoms with Crippen molar-refractivity contribution in [3.05, 3.63) is 59.4 Å². The fourth-order valence-electron chi connectivity index (χ4n) is 3.21. The molecular weight excluding hydrogens is 381 g/mol. The van der Waals surface area contributed by atoms with Crippen molar-refractivity contribution in [3.8, 4) is 0 Å². The minimum atomic E-state index is -0.584. The van der Waals surface area contributed by atoms with Crippen LogP contribution in [0.3, 0.4) is 0 Å². The number of anilines is 2. The minimum Gasteiger partial charge on any atom is -0.377 e. The summed E-state index contributed by atoms with van der Waals surface area (Å²) < 4.78 is 13.7. The molecule has 5 nitrogen and oxygen atoms in total. The van der Waals surface area contributed by atoms with E-state index in [1.54, 1.807) is 17.9 Å². The van der Waals surface area contributed by atoms with Crippen molar-refractivity contribution in [2.75, 3.05) is 24.3 Å². The van der Waals surface area contributed by atoms with Crippen LogP contribution in [0.2, 0.25) is 0 Å². The Morgan fingerprint density at radius 2 is 1.73 bits per heavy atom. The van der Waals surface area contributed by atoms with E-state index in [1.807, 2.05) is 64.0 Å². The first-order chi connectivity index (χ1) is 14.0. The monoisotopic (exact) mass is 413 g/mol. The summed E-state index contributed by atoms with van der Waals surface area (Å²) in [5.41, 5.74) is 2.70. The van der Waals surface area contributed by atoms with Gasteiger partial charge in [-0.1, -0.05) is 39.8 Å². The van der Waals surface area contributed by atoms with Gasteiger partial charge in [0.1, 0.15) is 5.82 Å². The molecule has 0 unspecified atom stereocenters. The van der Waals surface area contributed by atoms with E-state index < -0.39 is 5.41 Å². The first-order valence-corrected chi connectivity index (χ1v) is 10.1. The van der Waals surface area contributed by atoms with Crippen LogP contribution >= 0.6 is 0 Å². The molecule has 0 saturated heterocycles. The lowest BCUT2D eigenvalue weighted by Gasteiger charge is -2.31. The maximum Gasteiger partial charge on any atom is 0.228 e. The molecule has 0 bridgehead atoms. The third kappa shape index (κ3) is 6.31. The summed E-state index contributed by atoms with van der Waals surface area (Å²) in [6, 6.07) is 12.0. The normalized spacial score (nSPS) is 11.2. The maximum atomic E-state index is 13.7. The molecule has 1 N–H and O–H groups in total. The summed E-state index contributed by atoms with van der Waals surface area (Å²) in [6.45, 7) is 8.06. The van der Waals surface area contributed by atoms with Gasteiger partial charge in [-0.3, -0.25) is 9.59 Å². The molecule has 2 rings (SSSR count). The molecule has 2 amide bonds. The van der Waals surface area contributed by atoms with Gasteiger partial charge in [0, 0.05) is 50.4 Å². The molecule has 0 fully saturated rings. The van der Waals surface area contributed by atoms with Crippen molar-refractivity contribution in [1.29, 1.82) is 0 Å². The van der Waals surface area contributed by atoms with E-state index in [0.29, 0.717) is 25.2 Å². The third-order valence-corrected chi connectivity index (χ3v) is 4.72. The number of nitrogens with one attached hydrogen (secondary N) is 1. The SMILES string of the molecule is CCC(=O)Nc1ccc(N(C)C)c(CN(Cc2cccc(F)c2)C(=O)C(C)(C)C)c1. The fraction of sp³-hybridized carbons (Fsp3) is 0.417. The average molecular weight is 414 g/mol. The number of benzene rings is 2. The Morgan fingerprint density at radius 3 is 2.30 bits per heavy atom. The first kappa shape index (κ1) is 23.4. The Bertz CT molecular complexity index is 904. The Balaban J connectivity index is 2.42. The Morgan fingerprint density at radius 1 is 1.03 bits per heavy atom. The van der Waals surface area contributed by atoms with Gasteiger partial charge < -0.3 is 15.1 Å². The Hall–Kier alpha value is -2.89. The van der Waals surface area contributed by atoms with Crippen LogP contribution in [-0.2, 0) is 22.7 Å². The molecule has 0 radical (unpaired) electrons. The van der Waals surface area contributed by atoms with E-state index in [0.717, 1.165) is 16.8 Å². The predicted molar refractivity (Wildman–Crippen MR) is 120 cm³/mol. The highest BCUT2D eigenvalue weighted by Crippen LogP contribution is 2.28. The molecule has 0 aromatic heterocycles.